The van der Waals surface area contributed by atoms with Crippen molar-refractivity contribution in [2.75, 3.05) is 7.05 Å². The van der Waals surface area contributed by atoms with Gasteiger partial charge in [0.25, 0.3) is 0 Å². The lowest BCUT2D eigenvalue weighted by molar-refractivity contribution is 0.466. The topological polar surface area (TPSA) is 79.0 Å². The number of sulfonamides is 1. The largest absolute Gasteiger partial charge is 0.285 e. The molecule has 0 aromatic carbocycles. The van der Waals surface area contributed by atoms with Gasteiger partial charge in [-0.3, -0.25) is 5.10 Å². The molecule has 0 atom stereocenters. The number of rotatable bonds is 4. The van der Waals surface area contributed by atoms with Gasteiger partial charge in [0.15, 0.2) is 0 Å². The molecule has 0 fully saturated rings. The fourth-order valence-corrected chi connectivity index (χ4v) is 2.84. The van der Waals surface area contributed by atoms with Gasteiger partial charge in [0.05, 0.1) is 11.1 Å². The third-order valence-corrected chi connectivity index (χ3v) is 4.37. The highest BCUT2D eigenvalue weighted by atomic mass is 35.5. The first-order valence-corrected chi connectivity index (χ1v) is 6.87. The molecule has 96 valence electrons. The van der Waals surface area contributed by atoms with E-state index in [0.717, 1.165) is 5.56 Å². The van der Waals surface area contributed by atoms with Crippen LogP contribution in [0.15, 0.2) is 35.6 Å². The molecule has 6 nitrogen and oxygen atoms in total. The van der Waals surface area contributed by atoms with Crippen LogP contribution in [0, 0.1) is 0 Å². The summed E-state index contributed by atoms with van der Waals surface area (Å²) in [5, 5.41) is 6.55. The van der Waals surface area contributed by atoms with Crippen LogP contribution in [-0.4, -0.2) is 35.0 Å². The Balaban J connectivity index is 2.25. The van der Waals surface area contributed by atoms with Gasteiger partial charge in [-0.15, -0.1) is 0 Å². The molecular weight excluding hydrogens is 276 g/mol. The van der Waals surface area contributed by atoms with E-state index in [1.807, 2.05) is 0 Å². The molecule has 2 rings (SSSR count). The van der Waals surface area contributed by atoms with Gasteiger partial charge >= 0.3 is 0 Å². The van der Waals surface area contributed by atoms with E-state index in [1.165, 1.54) is 29.7 Å². The highest BCUT2D eigenvalue weighted by Crippen LogP contribution is 2.18. The van der Waals surface area contributed by atoms with Gasteiger partial charge in [0, 0.05) is 31.5 Å². The fraction of sp³-hybridized carbons (Fsp3) is 0.200. The van der Waals surface area contributed by atoms with Crippen molar-refractivity contribution in [3.63, 3.8) is 0 Å². The number of hydrogen-bond acceptors (Lipinski definition) is 4. The zero-order valence-electron chi connectivity index (χ0n) is 9.54. The maximum absolute atomic E-state index is 12.2. The molecule has 0 spiro atoms. The second-order valence-electron chi connectivity index (χ2n) is 3.68. The van der Waals surface area contributed by atoms with E-state index in [1.54, 1.807) is 12.4 Å². The van der Waals surface area contributed by atoms with Gasteiger partial charge in [-0.25, -0.2) is 13.4 Å². The first-order valence-electron chi connectivity index (χ1n) is 5.06. The van der Waals surface area contributed by atoms with Gasteiger partial charge < -0.3 is 0 Å². The normalized spacial score (nSPS) is 11.9. The van der Waals surface area contributed by atoms with Crippen molar-refractivity contribution in [2.24, 2.45) is 0 Å². The fourth-order valence-electron chi connectivity index (χ4n) is 1.43. The number of aromatic amines is 1. The van der Waals surface area contributed by atoms with E-state index in [9.17, 15) is 8.42 Å². The Morgan fingerprint density at radius 2 is 2.28 bits per heavy atom. The standard InChI is InChI=1S/C10H11ClN4O2S/c1-15(7-8-5-13-14-6-8)18(16,17)9-2-3-12-10(11)4-9/h2-6H,7H2,1H3,(H,13,14). The molecule has 0 radical (unpaired) electrons. The first-order chi connectivity index (χ1) is 8.50. The molecule has 0 amide bonds. The van der Waals surface area contributed by atoms with Crippen LogP contribution in [0.5, 0.6) is 0 Å². The minimum Gasteiger partial charge on any atom is -0.285 e. The van der Waals surface area contributed by atoms with Crippen LogP contribution in [0.25, 0.3) is 0 Å². The number of nitrogens with one attached hydrogen (secondary N) is 1. The van der Waals surface area contributed by atoms with Crippen molar-refractivity contribution in [3.8, 4) is 0 Å². The second-order valence-corrected chi connectivity index (χ2v) is 6.11. The van der Waals surface area contributed by atoms with E-state index in [-0.39, 0.29) is 16.6 Å². The van der Waals surface area contributed by atoms with Crippen LogP contribution in [0.4, 0.5) is 0 Å². The Morgan fingerprint density at radius 3 is 2.89 bits per heavy atom. The summed E-state index contributed by atoms with van der Waals surface area (Å²) in [7, 11) is -2.07. The van der Waals surface area contributed by atoms with Crippen LogP contribution in [-0.2, 0) is 16.6 Å². The zero-order valence-corrected chi connectivity index (χ0v) is 11.1. The van der Waals surface area contributed by atoms with E-state index in [2.05, 4.69) is 15.2 Å². The van der Waals surface area contributed by atoms with E-state index in [4.69, 9.17) is 11.6 Å². The van der Waals surface area contributed by atoms with Crippen molar-refractivity contribution in [3.05, 3.63) is 41.4 Å². The summed E-state index contributed by atoms with van der Waals surface area (Å²) in [5.74, 6) is 0. The summed E-state index contributed by atoms with van der Waals surface area (Å²) >= 11 is 5.69. The summed E-state index contributed by atoms with van der Waals surface area (Å²) in [6.07, 6.45) is 4.58. The molecule has 0 aliphatic heterocycles. The van der Waals surface area contributed by atoms with Crippen molar-refractivity contribution in [1.82, 2.24) is 19.5 Å². The molecule has 0 aliphatic rings. The lowest BCUT2D eigenvalue weighted by Crippen LogP contribution is -2.26. The summed E-state index contributed by atoms with van der Waals surface area (Å²) in [6, 6.07) is 2.73. The van der Waals surface area contributed by atoms with E-state index >= 15 is 0 Å². The maximum atomic E-state index is 12.2. The third kappa shape index (κ3) is 2.69. The van der Waals surface area contributed by atoms with Crippen LogP contribution >= 0.6 is 11.6 Å². The van der Waals surface area contributed by atoms with Gasteiger partial charge in [0.1, 0.15) is 5.15 Å². The van der Waals surface area contributed by atoms with Crippen molar-refractivity contribution in [2.45, 2.75) is 11.4 Å². The van der Waals surface area contributed by atoms with Crippen molar-refractivity contribution >= 4 is 21.6 Å². The number of halogens is 1. The SMILES string of the molecule is CN(Cc1cn[nH]c1)S(=O)(=O)c1ccnc(Cl)c1. The third-order valence-electron chi connectivity index (χ3n) is 2.37. The predicted octanol–water partition coefficient (Wildman–Crippen LogP) is 1.28. The highest BCUT2D eigenvalue weighted by Gasteiger charge is 2.21. The Kier molecular flexibility index (Phi) is 3.65. The lowest BCUT2D eigenvalue weighted by Gasteiger charge is -2.16. The van der Waals surface area contributed by atoms with Gasteiger partial charge in [-0.05, 0) is 12.1 Å². The number of nitrogens with zero attached hydrogens (tertiary/aromatic N) is 3. The quantitative estimate of drug-likeness (QED) is 0.859. The number of H-pyrrole nitrogens is 1. The molecule has 0 unspecified atom stereocenters. The molecule has 0 saturated carbocycles. The predicted molar refractivity (Wildman–Crippen MR) is 66.5 cm³/mol. The van der Waals surface area contributed by atoms with Crippen LogP contribution in [0.2, 0.25) is 5.15 Å². The number of aromatic nitrogens is 3. The molecule has 2 aromatic heterocycles. The Hall–Kier alpha value is -1.44. The summed E-state index contributed by atoms with van der Waals surface area (Å²) < 4.78 is 25.7. The lowest BCUT2D eigenvalue weighted by atomic mass is 10.4. The monoisotopic (exact) mass is 286 g/mol. The van der Waals surface area contributed by atoms with Crippen molar-refractivity contribution < 1.29 is 8.42 Å². The van der Waals surface area contributed by atoms with Gasteiger partial charge in [0.2, 0.25) is 10.0 Å². The molecular formula is C10H11ClN4O2S. The molecule has 2 aromatic rings. The van der Waals surface area contributed by atoms with Gasteiger partial charge in [-0.1, -0.05) is 11.6 Å². The average molecular weight is 287 g/mol. The number of pyridine rings is 1. The molecule has 8 heteroatoms. The van der Waals surface area contributed by atoms with Crippen LogP contribution in [0.3, 0.4) is 0 Å². The first kappa shape index (κ1) is 13.0. The molecule has 0 bridgehead atoms. The Bertz CT molecular complexity index is 627. The van der Waals surface area contributed by atoms with Crippen LogP contribution < -0.4 is 0 Å². The minimum absolute atomic E-state index is 0.119. The highest BCUT2D eigenvalue weighted by molar-refractivity contribution is 7.89. The minimum atomic E-state index is -3.57. The Morgan fingerprint density at radius 1 is 1.50 bits per heavy atom. The van der Waals surface area contributed by atoms with Crippen molar-refractivity contribution in [1.29, 1.82) is 0 Å². The molecule has 0 aliphatic carbocycles. The van der Waals surface area contributed by atoms with E-state index < -0.39 is 10.0 Å². The molecule has 1 N–H and O–H groups in total. The number of hydrogen-bond donors (Lipinski definition) is 1. The smallest absolute Gasteiger partial charge is 0.243 e. The molecule has 0 saturated heterocycles. The summed E-state index contributed by atoms with van der Waals surface area (Å²) in [6.45, 7) is 0.235. The van der Waals surface area contributed by atoms with Gasteiger partial charge in [-0.2, -0.15) is 9.40 Å². The Labute approximate surface area is 110 Å². The molecule has 2 heterocycles. The van der Waals surface area contributed by atoms with E-state index in [0.29, 0.717) is 0 Å². The average Bonchev–Trinajstić information content (AvgIpc) is 2.81. The van der Waals surface area contributed by atoms with Crippen LogP contribution in [0.1, 0.15) is 5.56 Å². The second kappa shape index (κ2) is 5.05. The zero-order chi connectivity index (χ0) is 13.2. The molecule has 18 heavy (non-hydrogen) atoms. The summed E-state index contributed by atoms with van der Waals surface area (Å²) in [5.41, 5.74) is 0.779. The summed E-state index contributed by atoms with van der Waals surface area (Å²) in [4.78, 5) is 3.87. The maximum Gasteiger partial charge on any atom is 0.243 e.